The van der Waals surface area contributed by atoms with Crippen molar-refractivity contribution in [3.05, 3.63) is 64.7 Å². The zero-order valence-corrected chi connectivity index (χ0v) is 15.8. The molecule has 0 bridgehead atoms. The van der Waals surface area contributed by atoms with E-state index in [2.05, 4.69) is 20.7 Å². The zero-order chi connectivity index (χ0) is 19.6. The number of carbonyl (C=O) groups is 2. The van der Waals surface area contributed by atoms with Gasteiger partial charge >= 0.3 is 0 Å². The lowest BCUT2D eigenvalue weighted by Gasteiger charge is -2.09. The average molecular weight is 384 g/mol. The van der Waals surface area contributed by atoms with Gasteiger partial charge in [0, 0.05) is 23.3 Å². The summed E-state index contributed by atoms with van der Waals surface area (Å²) in [4.78, 5) is 28.0. The van der Waals surface area contributed by atoms with Gasteiger partial charge in [-0.05, 0) is 55.8 Å². The molecule has 3 aromatic rings. The molecule has 2 amide bonds. The smallest absolute Gasteiger partial charge is 0.295 e. The normalized spacial score (nSPS) is 10.5. The molecule has 0 atom stereocenters. The Hall–Kier alpha value is -3.19. The van der Waals surface area contributed by atoms with Gasteiger partial charge in [-0.15, -0.1) is 5.10 Å². The minimum absolute atomic E-state index is 0.0455. The molecule has 0 aliphatic rings. The molecule has 0 fully saturated rings. The molecule has 1 aromatic heterocycles. The van der Waals surface area contributed by atoms with Crippen LogP contribution in [-0.2, 0) is 4.79 Å². The van der Waals surface area contributed by atoms with Gasteiger partial charge in [-0.3, -0.25) is 9.59 Å². The number of halogens is 1. The molecule has 2 N–H and O–H groups in total. The van der Waals surface area contributed by atoms with E-state index in [-0.39, 0.29) is 11.7 Å². The largest absolute Gasteiger partial charge is 0.326 e. The summed E-state index contributed by atoms with van der Waals surface area (Å²) in [6.45, 7) is 5.06. The number of aromatic nitrogens is 3. The molecular weight excluding hydrogens is 366 g/mol. The van der Waals surface area contributed by atoms with E-state index in [1.165, 1.54) is 6.92 Å². The number of carbonyl (C=O) groups excluding carboxylic acids is 2. The lowest BCUT2D eigenvalue weighted by molar-refractivity contribution is -0.114. The standard InChI is InChI=1S/C19H18ClN5O2/c1-11-4-7-15(10-17(11)22-13(3)26)23-19(27)18-21-12(2)25(24-18)16-8-5-14(20)6-9-16/h4-10H,1-3H3,(H,22,26)(H,23,27). The molecule has 1 heterocycles. The summed E-state index contributed by atoms with van der Waals surface area (Å²) in [5, 5.41) is 10.4. The Morgan fingerprint density at radius 3 is 2.41 bits per heavy atom. The summed E-state index contributed by atoms with van der Waals surface area (Å²) in [5.41, 5.74) is 2.82. The summed E-state index contributed by atoms with van der Waals surface area (Å²) in [7, 11) is 0. The van der Waals surface area contributed by atoms with Crippen LogP contribution in [0.2, 0.25) is 5.02 Å². The second-order valence-electron chi connectivity index (χ2n) is 6.04. The first-order valence-electron chi connectivity index (χ1n) is 8.22. The Labute approximate surface area is 161 Å². The van der Waals surface area contributed by atoms with Crippen molar-refractivity contribution in [1.82, 2.24) is 14.8 Å². The summed E-state index contributed by atoms with van der Waals surface area (Å²) < 4.78 is 1.57. The fourth-order valence-electron chi connectivity index (χ4n) is 2.52. The van der Waals surface area contributed by atoms with Gasteiger partial charge < -0.3 is 10.6 Å². The quantitative estimate of drug-likeness (QED) is 0.718. The molecular formula is C19H18ClN5O2. The number of aryl methyl sites for hydroxylation is 2. The Morgan fingerprint density at radius 2 is 1.74 bits per heavy atom. The Balaban J connectivity index is 1.82. The highest BCUT2D eigenvalue weighted by Gasteiger charge is 2.16. The Bertz CT molecular complexity index is 1010. The molecule has 0 unspecified atom stereocenters. The van der Waals surface area contributed by atoms with Crippen molar-refractivity contribution >= 4 is 34.8 Å². The molecule has 0 aliphatic carbocycles. The maximum Gasteiger partial charge on any atom is 0.295 e. The van der Waals surface area contributed by atoms with Crippen molar-refractivity contribution in [3.8, 4) is 5.69 Å². The maximum absolute atomic E-state index is 12.5. The second-order valence-corrected chi connectivity index (χ2v) is 6.47. The highest BCUT2D eigenvalue weighted by molar-refractivity contribution is 6.30. The molecule has 0 saturated heterocycles. The van der Waals surface area contributed by atoms with E-state index in [9.17, 15) is 9.59 Å². The maximum atomic E-state index is 12.5. The predicted molar refractivity (Wildman–Crippen MR) is 105 cm³/mol. The molecule has 0 spiro atoms. The summed E-state index contributed by atoms with van der Waals surface area (Å²) in [5.74, 6) is -0.00145. The molecule has 27 heavy (non-hydrogen) atoms. The topological polar surface area (TPSA) is 88.9 Å². The minimum Gasteiger partial charge on any atom is -0.326 e. The van der Waals surface area contributed by atoms with Crippen LogP contribution in [0, 0.1) is 13.8 Å². The van der Waals surface area contributed by atoms with E-state index in [1.54, 1.807) is 48.0 Å². The van der Waals surface area contributed by atoms with Gasteiger partial charge in [0.05, 0.1) is 5.69 Å². The van der Waals surface area contributed by atoms with E-state index < -0.39 is 5.91 Å². The van der Waals surface area contributed by atoms with E-state index in [0.717, 1.165) is 11.3 Å². The van der Waals surface area contributed by atoms with Gasteiger partial charge in [0.2, 0.25) is 11.7 Å². The number of hydrogen-bond donors (Lipinski definition) is 2. The molecule has 3 rings (SSSR count). The molecule has 138 valence electrons. The van der Waals surface area contributed by atoms with Gasteiger partial charge in [0.15, 0.2) is 0 Å². The van der Waals surface area contributed by atoms with Crippen molar-refractivity contribution in [2.75, 3.05) is 10.6 Å². The first kappa shape index (κ1) is 18.6. The van der Waals surface area contributed by atoms with Crippen LogP contribution in [0.1, 0.15) is 28.9 Å². The summed E-state index contributed by atoms with van der Waals surface area (Å²) >= 11 is 5.90. The second kappa shape index (κ2) is 7.59. The number of anilines is 2. The van der Waals surface area contributed by atoms with E-state index in [0.29, 0.717) is 22.2 Å². The number of benzene rings is 2. The molecule has 0 aliphatic heterocycles. The number of amides is 2. The third kappa shape index (κ3) is 4.32. The summed E-state index contributed by atoms with van der Waals surface area (Å²) in [6.07, 6.45) is 0. The predicted octanol–water partition coefficient (Wildman–Crippen LogP) is 3.75. The first-order valence-corrected chi connectivity index (χ1v) is 8.60. The molecule has 7 nitrogen and oxygen atoms in total. The van der Waals surface area contributed by atoms with Gasteiger partial charge in [0.25, 0.3) is 5.91 Å². The number of nitrogens with one attached hydrogen (secondary N) is 2. The fourth-order valence-corrected chi connectivity index (χ4v) is 2.65. The van der Waals surface area contributed by atoms with Crippen LogP contribution in [0.4, 0.5) is 11.4 Å². The number of nitrogens with zero attached hydrogens (tertiary/aromatic N) is 3. The lowest BCUT2D eigenvalue weighted by Crippen LogP contribution is -2.15. The van der Waals surface area contributed by atoms with Crippen molar-refractivity contribution < 1.29 is 9.59 Å². The van der Waals surface area contributed by atoms with Crippen LogP contribution in [0.15, 0.2) is 42.5 Å². The van der Waals surface area contributed by atoms with Crippen molar-refractivity contribution in [2.45, 2.75) is 20.8 Å². The monoisotopic (exact) mass is 383 g/mol. The molecule has 0 radical (unpaired) electrons. The first-order chi connectivity index (χ1) is 12.8. The van der Waals surface area contributed by atoms with Crippen LogP contribution in [0.3, 0.4) is 0 Å². The van der Waals surface area contributed by atoms with E-state index in [1.807, 2.05) is 13.0 Å². The molecule has 2 aromatic carbocycles. The van der Waals surface area contributed by atoms with Crippen molar-refractivity contribution in [1.29, 1.82) is 0 Å². The molecule has 8 heteroatoms. The number of rotatable bonds is 4. The van der Waals surface area contributed by atoms with Crippen LogP contribution in [0.5, 0.6) is 0 Å². The minimum atomic E-state index is -0.441. The Kier molecular flexibility index (Phi) is 5.23. The van der Waals surface area contributed by atoms with Gasteiger partial charge in [-0.25, -0.2) is 9.67 Å². The van der Waals surface area contributed by atoms with E-state index in [4.69, 9.17) is 11.6 Å². The zero-order valence-electron chi connectivity index (χ0n) is 15.1. The van der Waals surface area contributed by atoms with Crippen LogP contribution in [0.25, 0.3) is 5.69 Å². The lowest BCUT2D eigenvalue weighted by atomic mass is 10.1. The number of hydrogen-bond acceptors (Lipinski definition) is 4. The summed E-state index contributed by atoms with van der Waals surface area (Å²) in [6, 6.07) is 12.3. The highest BCUT2D eigenvalue weighted by Crippen LogP contribution is 2.21. The van der Waals surface area contributed by atoms with Gasteiger partial charge in [-0.2, -0.15) is 0 Å². The average Bonchev–Trinajstić information content (AvgIpc) is 3.00. The van der Waals surface area contributed by atoms with Crippen LogP contribution >= 0.6 is 11.6 Å². The van der Waals surface area contributed by atoms with E-state index >= 15 is 0 Å². The van der Waals surface area contributed by atoms with Crippen molar-refractivity contribution in [3.63, 3.8) is 0 Å². The molecule has 0 saturated carbocycles. The fraction of sp³-hybridized carbons (Fsp3) is 0.158. The third-order valence-electron chi connectivity index (χ3n) is 3.85. The highest BCUT2D eigenvalue weighted by atomic mass is 35.5. The van der Waals surface area contributed by atoms with Crippen LogP contribution < -0.4 is 10.6 Å². The third-order valence-corrected chi connectivity index (χ3v) is 4.10. The van der Waals surface area contributed by atoms with Crippen LogP contribution in [-0.4, -0.2) is 26.6 Å². The van der Waals surface area contributed by atoms with Gasteiger partial charge in [-0.1, -0.05) is 17.7 Å². The SMILES string of the molecule is CC(=O)Nc1cc(NC(=O)c2nc(C)n(-c3ccc(Cl)cc3)n2)ccc1C. The van der Waals surface area contributed by atoms with Crippen molar-refractivity contribution in [2.24, 2.45) is 0 Å². The van der Waals surface area contributed by atoms with Gasteiger partial charge in [0.1, 0.15) is 5.82 Å². The Morgan fingerprint density at radius 1 is 1.04 bits per heavy atom.